The second-order valence-electron chi connectivity index (χ2n) is 15.2. The van der Waals surface area contributed by atoms with E-state index in [2.05, 4.69) is 46.2 Å². The summed E-state index contributed by atoms with van der Waals surface area (Å²) in [5, 5.41) is 2.54. The van der Waals surface area contributed by atoms with Gasteiger partial charge in [0.15, 0.2) is 6.04 Å². The molecule has 0 unspecified atom stereocenters. The number of nitrogens with two attached hydrogens (primary N) is 1. The first-order valence-electron chi connectivity index (χ1n) is 19.7. The summed E-state index contributed by atoms with van der Waals surface area (Å²) in [7, 11) is 0. The van der Waals surface area contributed by atoms with E-state index in [1.807, 2.05) is 58.0 Å². The van der Waals surface area contributed by atoms with E-state index in [-0.39, 0.29) is 44.7 Å². The Bertz CT molecular complexity index is 1330. The minimum Gasteiger partial charge on any atom is -0.458 e. The van der Waals surface area contributed by atoms with Crippen molar-refractivity contribution in [1.82, 2.24) is 5.32 Å². The number of rotatable bonds is 17. The number of hydrogen-bond donors (Lipinski definition) is 2. The van der Waals surface area contributed by atoms with E-state index in [9.17, 15) is 14.4 Å². The molecule has 8 atom stereocenters. The molecule has 2 fully saturated rings. The van der Waals surface area contributed by atoms with Crippen LogP contribution in [0.25, 0.3) is 0 Å². The van der Waals surface area contributed by atoms with Crippen molar-refractivity contribution in [1.29, 1.82) is 0 Å². The molecule has 1 aromatic rings. The van der Waals surface area contributed by atoms with E-state index in [1.165, 1.54) is 0 Å². The second kappa shape index (κ2) is 26.5. The molecular weight excluding hydrogens is 724 g/mol. The zero-order valence-corrected chi connectivity index (χ0v) is 34.8. The highest BCUT2D eigenvalue weighted by molar-refractivity contribution is 5.81. The van der Waals surface area contributed by atoms with E-state index in [0.29, 0.717) is 57.7 Å². The minimum atomic E-state index is -1.02. The average molecular weight is 793 g/mol. The van der Waals surface area contributed by atoms with Gasteiger partial charge in [-0.2, -0.15) is 0 Å². The molecule has 0 saturated carbocycles. The van der Waals surface area contributed by atoms with Gasteiger partial charge in [0.2, 0.25) is 0 Å². The van der Waals surface area contributed by atoms with Crippen LogP contribution in [0.2, 0.25) is 0 Å². The Labute approximate surface area is 334 Å². The highest BCUT2D eigenvalue weighted by Crippen LogP contribution is 2.22. The van der Waals surface area contributed by atoms with Crippen LogP contribution in [0.3, 0.4) is 0 Å². The molecule has 2 saturated heterocycles. The Balaban J connectivity index is 0.000000413. The molecule has 14 nitrogen and oxygen atoms in total. The number of benzene rings is 1. The van der Waals surface area contributed by atoms with Gasteiger partial charge in [0.25, 0.3) is 0 Å². The third kappa shape index (κ3) is 18.7. The minimum absolute atomic E-state index is 0.0838. The molecule has 0 aliphatic carbocycles. The smallest absolute Gasteiger partial charge is 0.408 e. The van der Waals surface area contributed by atoms with E-state index in [1.54, 1.807) is 0 Å². The van der Waals surface area contributed by atoms with Gasteiger partial charge < -0.3 is 53.7 Å². The molecule has 0 radical (unpaired) electrons. The number of nitrogens with one attached hydrogen (secondary N) is 1. The quantitative estimate of drug-likeness (QED) is 0.118. The molecule has 1 amide bonds. The lowest BCUT2D eigenvalue weighted by molar-refractivity contribution is -0.173. The van der Waals surface area contributed by atoms with E-state index in [4.69, 9.17) is 48.4 Å². The normalized spacial score (nSPS) is 26.1. The van der Waals surface area contributed by atoms with Crippen molar-refractivity contribution in [2.45, 2.75) is 124 Å². The van der Waals surface area contributed by atoms with Crippen LogP contribution in [0.1, 0.15) is 73.8 Å². The van der Waals surface area contributed by atoms with Crippen molar-refractivity contribution in [2.24, 2.45) is 17.6 Å². The Morgan fingerprint density at radius 1 is 0.768 bits per heavy atom. The van der Waals surface area contributed by atoms with Crippen LogP contribution in [0, 0.1) is 11.8 Å². The number of carbonyl (C=O) groups is 3. The molecule has 0 aromatic heterocycles. The Hall–Kier alpha value is -3.37. The summed E-state index contributed by atoms with van der Waals surface area (Å²) in [6.45, 7) is 26.1. The van der Waals surface area contributed by atoms with Gasteiger partial charge in [0.1, 0.15) is 49.3 Å². The summed E-state index contributed by atoms with van der Waals surface area (Å²) >= 11 is 0. The van der Waals surface area contributed by atoms with Gasteiger partial charge in [0.05, 0.1) is 39.6 Å². The summed E-state index contributed by atoms with van der Waals surface area (Å²) < 4.78 is 51.9. The van der Waals surface area contributed by atoms with E-state index in [0.717, 1.165) is 16.7 Å². The highest BCUT2D eigenvalue weighted by Gasteiger charge is 2.38. The fraction of sp³-hybridized carbons (Fsp3) is 0.690. The molecule has 14 heteroatoms. The fourth-order valence-corrected chi connectivity index (χ4v) is 5.48. The summed E-state index contributed by atoms with van der Waals surface area (Å²) in [4.78, 5) is 37.2. The summed E-state index contributed by atoms with van der Waals surface area (Å²) in [5.41, 5.74) is 8.30. The maximum absolute atomic E-state index is 12.9. The molecule has 2 aliphatic rings. The molecule has 0 spiro atoms. The zero-order chi connectivity index (χ0) is 41.6. The third-order valence-electron chi connectivity index (χ3n) is 8.38. The third-order valence-corrected chi connectivity index (χ3v) is 8.38. The van der Waals surface area contributed by atoms with E-state index >= 15 is 0 Å². The SMILES string of the molecule is C=C(C)CO[C@@H]1[C@@H](OCC(=C)C)COC[C@H](NC(=O)OCc2ccccc2)C(=O)O[C@@H]1CC.CC[C@H]1OC(=O)[C@@H](N)COC[C@H](OCC(C)C)[C@H]1OCC(C)C. The average Bonchev–Trinajstić information content (AvgIpc) is 3.25. The summed E-state index contributed by atoms with van der Waals surface area (Å²) in [5.74, 6) is -0.287. The summed E-state index contributed by atoms with van der Waals surface area (Å²) in [6, 6.07) is 7.47. The molecule has 56 heavy (non-hydrogen) atoms. The first-order valence-corrected chi connectivity index (χ1v) is 19.7. The van der Waals surface area contributed by atoms with Gasteiger partial charge in [-0.15, -0.1) is 0 Å². The number of carbonyl (C=O) groups excluding carboxylic acids is 3. The van der Waals surface area contributed by atoms with Gasteiger partial charge in [0, 0.05) is 13.2 Å². The van der Waals surface area contributed by atoms with Crippen LogP contribution in [0.4, 0.5) is 4.79 Å². The van der Waals surface area contributed by atoms with Gasteiger partial charge in [-0.1, -0.05) is 96.2 Å². The molecular formula is C42H68N2O12. The largest absolute Gasteiger partial charge is 0.458 e. The van der Waals surface area contributed by atoms with Crippen LogP contribution in [0.5, 0.6) is 0 Å². The number of ether oxygens (including phenoxy) is 9. The summed E-state index contributed by atoms with van der Waals surface area (Å²) in [6.07, 6.45) is -2.28. The van der Waals surface area contributed by atoms with Crippen LogP contribution in [0.15, 0.2) is 54.6 Å². The molecule has 2 heterocycles. The lowest BCUT2D eigenvalue weighted by Gasteiger charge is -2.32. The lowest BCUT2D eigenvalue weighted by Crippen LogP contribution is -2.47. The van der Waals surface area contributed by atoms with Crippen molar-refractivity contribution in [3.05, 3.63) is 60.2 Å². The molecule has 3 N–H and O–H groups in total. The van der Waals surface area contributed by atoms with Crippen LogP contribution >= 0.6 is 0 Å². The monoisotopic (exact) mass is 792 g/mol. The number of alkyl carbamates (subject to hydrolysis) is 1. The Kier molecular flexibility index (Phi) is 23.1. The zero-order valence-electron chi connectivity index (χ0n) is 34.8. The van der Waals surface area contributed by atoms with Crippen molar-refractivity contribution in [2.75, 3.05) is 52.9 Å². The predicted octanol–water partition coefficient (Wildman–Crippen LogP) is 5.30. The maximum atomic E-state index is 12.9. The van der Waals surface area contributed by atoms with E-state index < -0.39 is 48.4 Å². The highest BCUT2D eigenvalue weighted by atomic mass is 16.6. The van der Waals surface area contributed by atoms with Crippen LogP contribution in [-0.4, -0.2) is 120 Å². The van der Waals surface area contributed by atoms with Gasteiger partial charge in [-0.05, 0) is 44.1 Å². The Morgan fingerprint density at radius 2 is 1.29 bits per heavy atom. The van der Waals surface area contributed by atoms with Crippen molar-refractivity contribution in [3.8, 4) is 0 Å². The van der Waals surface area contributed by atoms with Crippen LogP contribution < -0.4 is 11.1 Å². The fourth-order valence-electron chi connectivity index (χ4n) is 5.48. The van der Waals surface area contributed by atoms with Crippen molar-refractivity contribution in [3.63, 3.8) is 0 Å². The first-order chi connectivity index (χ1) is 26.6. The number of hydrogen-bond acceptors (Lipinski definition) is 13. The second-order valence-corrected chi connectivity index (χ2v) is 15.2. The number of cyclic esters (lactones) is 2. The van der Waals surface area contributed by atoms with Crippen molar-refractivity contribution < 1.29 is 57.0 Å². The first kappa shape index (κ1) is 48.8. The van der Waals surface area contributed by atoms with Gasteiger partial charge >= 0.3 is 18.0 Å². The molecule has 3 rings (SSSR count). The van der Waals surface area contributed by atoms with Gasteiger partial charge in [-0.3, -0.25) is 4.79 Å². The standard InChI is InChI=1S/C25H35NO7.C17H33NO5/c1-6-21-23(31-13-18(4)5)22(30-12-17(2)3)16-29-15-20(24(27)33-21)26-25(28)32-14-19-10-8-7-9-11-19;1-6-14-16(22-8-12(4)5)15(21-7-11(2)3)10-20-9-13(18)17(19)23-14/h7-11,20-23H,2,4,6,12-16H2,1,3,5H3,(H,26,28);11-16H,6-10,18H2,1-5H3/t20-,21+,22-,23-;13-,14+,15-,16-/m00/s1. The number of esters is 2. The topological polar surface area (TPSA) is 172 Å². The maximum Gasteiger partial charge on any atom is 0.408 e. The molecule has 0 bridgehead atoms. The molecule has 1 aromatic carbocycles. The molecule has 318 valence electrons. The Morgan fingerprint density at radius 3 is 1.86 bits per heavy atom. The molecule has 2 aliphatic heterocycles. The lowest BCUT2D eigenvalue weighted by atomic mass is 10.0. The number of amides is 1. The van der Waals surface area contributed by atoms with Crippen LogP contribution in [-0.2, 0) is 58.8 Å². The van der Waals surface area contributed by atoms with Gasteiger partial charge in [-0.25, -0.2) is 9.59 Å². The van der Waals surface area contributed by atoms with Crippen molar-refractivity contribution >= 4 is 18.0 Å². The predicted molar refractivity (Wildman–Crippen MR) is 212 cm³/mol.